The van der Waals surface area contributed by atoms with Gasteiger partial charge in [0, 0.05) is 36.2 Å². The van der Waals surface area contributed by atoms with Crippen molar-refractivity contribution in [2.45, 2.75) is 39.3 Å². The number of fused-ring (bicyclic) bond motifs is 1. The maximum Gasteiger partial charge on any atom is 0.331 e. The summed E-state index contributed by atoms with van der Waals surface area (Å²) >= 11 is 0. The lowest BCUT2D eigenvalue weighted by molar-refractivity contribution is -0.136. The van der Waals surface area contributed by atoms with Crippen molar-refractivity contribution in [3.05, 3.63) is 65.2 Å². The summed E-state index contributed by atoms with van der Waals surface area (Å²) in [7, 11) is 0. The third kappa shape index (κ3) is 4.88. The van der Waals surface area contributed by atoms with Crippen LogP contribution in [0.5, 0.6) is 0 Å². The van der Waals surface area contributed by atoms with Gasteiger partial charge in [0.1, 0.15) is 0 Å². The number of aromatic nitrogens is 3. The van der Waals surface area contributed by atoms with E-state index in [0.29, 0.717) is 11.3 Å². The molecule has 7 heteroatoms. The van der Waals surface area contributed by atoms with Crippen LogP contribution in [0.2, 0.25) is 0 Å². The zero-order valence-electron chi connectivity index (χ0n) is 17.7. The van der Waals surface area contributed by atoms with Gasteiger partial charge in [0.25, 0.3) is 0 Å². The number of carbonyl (C=O) groups excluding carboxylic acids is 2. The lowest BCUT2D eigenvalue weighted by atomic mass is 10.1. The molecule has 1 unspecified atom stereocenters. The van der Waals surface area contributed by atoms with Gasteiger partial charge in [-0.3, -0.25) is 9.78 Å². The highest BCUT2D eigenvalue weighted by Gasteiger charge is 2.21. The van der Waals surface area contributed by atoms with Gasteiger partial charge >= 0.3 is 5.97 Å². The molecule has 3 aromatic rings. The van der Waals surface area contributed by atoms with Gasteiger partial charge in [-0.2, -0.15) is 0 Å². The van der Waals surface area contributed by atoms with Crippen molar-refractivity contribution in [3.63, 3.8) is 0 Å². The Morgan fingerprint density at radius 1 is 1.26 bits per heavy atom. The minimum absolute atomic E-state index is 0.189. The van der Waals surface area contributed by atoms with Crippen molar-refractivity contribution < 1.29 is 19.1 Å². The van der Waals surface area contributed by atoms with Gasteiger partial charge in [-0.1, -0.05) is 12.1 Å². The molecule has 0 N–H and O–H groups in total. The predicted octanol–water partition coefficient (Wildman–Crippen LogP) is 3.67. The Morgan fingerprint density at radius 3 is 2.84 bits per heavy atom. The number of aryl methyl sites for hydroxylation is 1. The zero-order valence-corrected chi connectivity index (χ0v) is 17.7. The van der Waals surface area contributed by atoms with Crippen LogP contribution in [0.1, 0.15) is 40.3 Å². The van der Waals surface area contributed by atoms with Gasteiger partial charge in [0.2, 0.25) is 5.78 Å². The van der Waals surface area contributed by atoms with Crippen LogP contribution < -0.4 is 0 Å². The molecule has 2 aromatic heterocycles. The molecule has 4 rings (SSSR count). The van der Waals surface area contributed by atoms with Crippen LogP contribution in [0.3, 0.4) is 0 Å². The number of esters is 1. The fourth-order valence-corrected chi connectivity index (χ4v) is 3.82. The van der Waals surface area contributed by atoms with Gasteiger partial charge in [-0.05, 0) is 51.0 Å². The Hall–Kier alpha value is -3.32. The number of benzene rings is 1. The SMILES string of the molecule is Cc1cc(C(=O)COC(=O)C=Cc2cnc3ccccc3n2)c(C)n1CC1CCCO1. The smallest absolute Gasteiger partial charge is 0.331 e. The number of rotatable bonds is 7. The van der Waals surface area contributed by atoms with Crippen molar-refractivity contribution >= 4 is 28.9 Å². The Labute approximate surface area is 180 Å². The molecule has 0 aliphatic carbocycles. The molecule has 1 saturated heterocycles. The van der Waals surface area contributed by atoms with E-state index in [9.17, 15) is 9.59 Å². The number of para-hydroxylation sites is 2. The summed E-state index contributed by atoms with van der Waals surface area (Å²) < 4.78 is 13.0. The summed E-state index contributed by atoms with van der Waals surface area (Å²) in [6.45, 7) is 5.11. The first-order valence-corrected chi connectivity index (χ1v) is 10.4. The van der Waals surface area contributed by atoms with Crippen LogP contribution in [0.4, 0.5) is 0 Å². The van der Waals surface area contributed by atoms with E-state index < -0.39 is 5.97 Å². The molecule has 0 bridgehead atoms. The average molecular weight is 419 g/mol. The Bertz CT molecular complexity index is 1140. The summed E-state index contributed by atoms with van der Waals surface area (Å²) in [6, 6.07) is 9.34. The van der Waals surface area contributed by atoms with Gasteiger partial charge < -0.3 is 14.0 Å². The molecule has 31 heavy (non-hydrogen) atoms. The molecular weight excluding hydrogens is 394 g/mol. The van der Waals surface area contributed by atoms with E-state index in [0.717, 1.165) is 48.4 Å². The fraction of sp³-hybridized carbons (Fsp3) is 0.333. The molecular formula is C24H25N3O4. The highest BCUT2D eigenvalue weighted by molar-refractivity contribution is 6.00. The summed E-state index contributed by atoms with van der Waals surface area (Å²) in [4.78, 5) is 33.4. The second-order valence-corrected chi connectivity index (χ2v) is 7.68. The summed E-state index contributed by atoms with van der Waals surface area (Å²) in [5.74, 6) is -0.824. The van der Waals surface area contributed by atoms with E-state index in [4.69, 9.17) is 9.47 Å². The van der Waals surface area contributed by atoms with Crippen molar-refractivity contribution in [1.82, 2.24) is 14.5 Å². The first kappa shape index (κ1) is 20.9. The zero-order chi connectivity index (χ0) is 21.8. The van der Waals surface area contributed by atoms with Crippen LogP contribution in [0, 0.1) is 13.8 Å². The lowest BCUT2D eigenvalue weighted by Crippen LogP contribution is -2.18. The number of ether oxygens (including phenoxy) is 2. The van der Waals surface area contributed by atoms with Crippen molar-refractivity contribution in [2.24, 2.45) is 0 Å². The summed E-state index contributed by atoms with van der Waals surface area (Å²) in [6.07, 6.45) is 6.66. The van der Waals surface area contributed by atoms with Crippen LogP contribution in [0.15, 0.2) is 42.6 Å². The van der Waals surface area contributed by atoms with Crippen LogP contribution >= 0.6 is 0 Å². The van der Waals surface area contributed by atoms with E-state index in [1.807, 2.05) is 44.2 Å². The Kier molecular flexibility index (Phi) is 6.23. The first-order valence-electron chi connectivity index (χ1n) is 10.4. The molecule has 0 amide bonds. The third-order valence-corrected chi connectivity index (χ3v) is 5.49. The molecule has 1 aliphatic heterocycles. The van der Waals surface area contributed by atoms with Crippen LogP contribution in [-0.2, 0) is 20.8 Å². The van der Waals surface area contributed by atoms with Crippen molar-refractivity contribution in [1.29, 1.82) is 0 Å². The molecule has 1 aliphatic rings. The van der Waals surface area contributed by atoms with Crippen LogP contribution in [0.25, 0.3) is 17.1 Å². The van der Waals surface area contributed by atoms with E-state index in [-0.39, 0.29) is 18.5 Å². The second kappa shape index (κ2) is 9.22. The molecule has 0 saturated carbocycles. The van der Waals surface area contributed by atoms with E-state index in [2.05, 4.69) is 14.5 Å². The quantitative estimate of drug-likeness (QED) is 0.330. The van der Waals surface area contributed by atoms with Gasteiger partial charge in [0.15, 0.2) is 6.61 Å². The van der Waals surface area contributed by atoms with Gasteiger partial charge in [-0.25, -0.2) is 9.78 Å². The number of carbonyl (C=O) groups is 2. The maximum absolute atomic E-state index is 12.6. The number of Topliss-reactive ketones (excluding diaryl/α,β-unsaturated/α-hetero) is 1. The second-order valence-electron chi connectivity index (χ2n) is 7.68. The largest absolute Gasteiger partial charge is 0.454 e. The average Bonchev–Trinajstić information content (AvgIpc) is 3.39. The highest BCUT2D eigenvalue weighted by Crippen LogP contribution is 2.21. The van der Waals surface area contributed by atoms with Crippen molar-refractivity contribution in [3.8, 4) is 0 Å². The van der Waals surface area contributed by atoms with E-state index >= 15 is 0 Å². The Balaban J connectivity index is 1.35. The first-order chi connectivity index (χ1) is 15.0. The molecule has 0 spiro atoms. The monoisotopic (exact) mass is 419 g/mol. The molecule has 3 heterocycles. The molecule has 1 aromatic carbocycles. The maximum atomic E-state index is 12.6. The molecule has 1 atom stereocenters. The molecule has 0 radical (unpaired) electrons. The van der Waals surface area contributed by atoms with Gasteiger partial charge in [0.05, 0.1) is 29.0 Å². The van der Waals surface area contributed by atoms with Crippen LogP contribution in [-0.4, -0.2) is 45.6 Å². The topological polar surface area (TPSA) is 83.3 Å². The van der Waals surface area contributed by atoms with Gasteiger partial charge in [-0.15, -0.1) is 0 Å². The minimum atomic E-state index is -0.600. The summed E-state index contributed by atoms with van der Waals surface area (Å²) in [5.41, 5.74) is 4.51. The van der Waals surface area contributed by atoms with E-state index in [1.165, 1.54) is 12.2 Å². The summed E-state index contributed by atoms with van der Waals surface area (Å²) in [5, 5.41) is 0. The number of ketones is 1. The van der Waals surface area contributed by atoms with Crippen molar-refractivity contribution in [2.75, 3.05) is 13.2 Å². The minimum Gasteiger partial charge on any atom is -0.454 e. The predicted molar refractivity (Wildman–Crippen MR) is 117 cm³/mol. The van der Waals surface area contributed by atoms with E-state index in [1.54, 1.807) is 6.20 Å². The number of hydrogen-bond acceptors (Lipinski definition) is 6. The molecule has 1 fully saturated rings. The fourth-order valence-electron chi connectivity index (χ4n) is 3.82. The number of nitrogens with zero attached hydrogens (tertiary/aromatic N) is 3. The number of hydrogen-bond donors (Lipinski definition) is 0. The normalized spacial score (nSPS) is 16.3. The molecule has 7 nitrogen and oxygen atoms in total. The Morgan fingerprint density at radius 2 is 2.06 bits per heavy atom. The third-order valence-electron chi connectivity index (χ3n) is 5.49. The standard InChI is InChI=1S/C24H25N3O4/c1-16-12-20(17(2)27(16)14-19-6-5-11-30-19)23(28)15-31-24(29)10-9-18-13-25-21-7-3-4-8-22(21)26-18/h3-4,7-10,12-13,19H,5-6,11,14-15H2,1-2H3. The molecule has 160 valence electrons. The lowest BCUT2D eigenvalue weighted by Gasteiger charge is -2.14. The highest BCUT2D eigenvalue weighted by atomic mass is 16.5.